The van der Waals surface area contributed by atoms with E-state index in [1.54, 1.807) is 14.2 Å². The van der Waals surface area contributed by atoms with Gasteiger partial charge in [0.05, 0.1) is 31.5 Å². The maximum absolute atomic E-state index is 12.6. The molecule has 0 bridgehead atoms. The summed E-state index contributed by atoms with van der Waals surface area (Å²) in [5.41, 5.74) is 0. The Balaban J connectivity index is 2.75. The molecule has 5 nitrogen and oxygen atoms in total. The summed E-state index contributed by atoms with van der Waals surface area (Å²) in [6, 6.07) is -0.0587. The number of ether oxygens (including phenoxy) is 2. The lowest BCUT2D eigenvalue weighted by molar-refractivity contribution is -0.133. The summed E-state index contributed by atoms with van der Waals surface area (Å²) in [4.78, 5) is 14.6. The maximum atomic E-state index is 12.6. The normalized spacial score (nSPS) is 26.1. The van der Waals surface area contributed by atoms with E-state index in [0.717, 1.165) is 19.3 Å². The van der Waals surface area contributed by atoms with Crippen molar-refractivity contribution in [2.75, 3.05) is 27.4 Å². The van der Waals surface area contributed by atoms with Crippen LogP contribution < -0.4 is 5.32 Å². The molecule has 1 aliphatic heterocycles. The minimum absolute atomic E-state index is 0.0587. The van der Waals surface area contributed by atoms with Crippen molar-refractivity contribution in [2.45, 2.75) is 58.3 Å². The van der Waals surface area contributed by atoms with Gasteiger partial charge in [-0.2, -0.15) is 0 Å². The summed E-state index contributed by atoms with van der Waals surface area (Å²) in [5.74, 6) is 0.561. The number of rotatable bonds is 9. The first kappa shape index (κ1) is 17.4. The van der Waals surface area contributed by atoms with Gasteiger partial charge in [0.2, 0.25) is 5.91 Å². The minimum Gasteiger partial charge on any atom is -0.382 e. The van der Waals surface area contributed by atoms with Crippen LogP contribution in [0.25, 0.3) is 0 Å². The molecule has 1 aliphatic rings. The first-order valence-corrected chi connectivity index (χ1v) is 7.67. The highest BCUT2D eigenvalue weighted by molar-refractivity contribution is 5.84. The van der Waals surface area contributed by atoms with Crippen molar-refractivity contribution in [3.05, 3.63) is 0 Å². The Labute approximate surface area is 123 Å². The molecular weight excluding hydrogens is 256 g/mol. The van der Waals surface area contributed by atoms with Crippen molar-refractivity contribution >= 4 is 5.91 Å². The van der Waals surface area contributed by atoms with E-state index in [2.05, 4.69) is 26.1 Å². The van der Waals surface area contributed by atoms with E-state index in [1.165, 1.54) is 0 Å². The monoisotopic (exact) mass is 286 g/mol. The zero-order valence-electron chi connectivity index (χ0n) is 13.5. The van der Waals surface area contributed by atoms with Crippen LogP contribution in [-0.2, 0) is 14.3 Å². The lowest BCUT2D eigenvalue weighted by Crippen LogP contribution is -2.43. The number of carbonyl (C=O) groups is 1. The van der Waals surface area contributed by atoms with Crippen molar-refractivity contribution in [3.8, 4) is 0 Å². The summed E-state index contributed by atoms with van der Waals surface area (Å²) in [6.45, 7) is 7.50. The molecule has 0 aromatic heterocycles. The standard InChI is InChI=1S/C15H30N2O3/c1-6-8-13-16-14(11(3)7-2)15(18)17(13)9-12(20-5)10-19-4/h11-14,16H,6-10H2,1-5H3. The summed E-state index contributed by atoms with van der Waals surface area (Å²) in [7, 11) is 3.32. The average molecular weight is 286 g/mol. The van der Waals surface area contributed by atoms with Gasteiger partial charge < -0.3 is 14.4 Å². The Morgan fingerprint density at radius 3 is 2.55 bits per heavy atom. The van der Waals surface area contributed by atoms with Crippen LogP contribution in [0.15, 0.2) is 0 Å². The number of nitrogens with one attached hydrogen (secondary N) is 1. The smallest absolute Gasteiger partial charge is 0.241 e. The van der Waals surface area contributed by atoms with Crippen LogP contribution in [-0.4, -0.2) is 56.5 Å². The van der Waals surface area contributed by atoms with Gasteiger partial charge in [-0.05, 0) is 12.3 Å². The molecule has 0 aromatic carbocycles. The highest BCUT2D eigenvalue weighted by Gasteiger charge is 2.41. The van der Waals surface area contributed by atoms with E-state index in [1.807, 2.05) is 4.90 Å². The first-order chi connectivity index (χ1) is 9.58. The second-order valence-electron chi connectivity index (χ2n) is 5.64. The molecule has 1 rings (SSSR count). The molecule has 4 unspecified atom stereocenters. The van der Waals surface area contributed by atoms with Crippen LogP contribution in [0.1, 0.15) is 40.0 Å². The molecule has 1 saturated heterocycles. The fraction of sp³-hybridized carbons (Fsp3) is 0.933. The number of hydrogen-bond donors (Lipinski definition) is 1. The number of hydrogen-bond acceptors (Lipinski definition) is 4. The van der Waals surface area contributed by atoms with Crippen molar-refractivity contribution in [1.29, 1.82) is 0 Å². The van der Waals surface area contributed by atoms with E-state index < -0.39 is 0 Å². The quantitative estimate of drug-likeness (QED) is 0.700. The zero-order valence-corrected chi connectivity index (χ0v) is 13.5. The lowest BCUT2D eigenvalue weighted by atomic mass is 9.99. The first-order valence-electron chi connectivity index (χ1n) is 7.67. The molecule has 1 fully saturated rings. The fourth-order valence-corrected chi connectivity index (χ4v) is 2.67. The van der Waals surface area contributed by atoms with E-state index in [9.17, 15) is 4.79 Å². The van der Waals surface area contributed by atoms with E-state index in [-0.39, 0.29) is 24.2 Å². The molecule has 1 amide bonds. The van der Waals surface area contributed by atoms with Gasteiger partial charge >= 0.3 is 0 Å². The number of methoxy groups -OCH3 is 2. The Hall–Kier alpha value is -0.650. The minimum atomic E-state index is -0.0687. The molecule has 1 N–H and O–H groups in total. The Morgan fingerprint density at radius 1 is 1.35 bits per heavy atom. The third kappa shape index (κ3) is 4.17. The van der Waals surface area contributed by atoms with E-state index in [0.29, 0.717) is 19.1 Å². The molecule has 0 spiro atoms. The van der Waals surface area contributed by atoms with Gasteiger partial charge in [-0.3, -0.25) is 10.1 Å². The molecule has 0 radical (unpaired) electrons. The number of carbonyl (C=O) groups excluding carboxylic acids is 1. The van der Waals surface area contributed by atoms with E-state index >= 15 is 0 Å². The lowest BCUT2D eigenvalue weighted by Gasteiger charge is -2.27. The summed E-state index contributed by atoms with van der Waals surface area (Å²) in [6.07, 6.45) is 3.09. The number of amides is 1. The zero-order chi connectivity index (χ0) is 15.1. The molecule has 0 aliphatic carbocycles. The third-order valence-electron chi connectivity index (χ3n) is 4.16. The van der Waals surface area contributed by atoms with Crippen LogP contribution in [0.5, 0.6) is 0 Å². The van der Waals surface area contributed by atoms with Gasteiger partial charge in [0.15, 0.2) is 0 Å². The van der Waals surface area contributed by atoms with Crippen LogP contribution in [0.2, 0.25) is 0 Å². The number of nitrogens with zero attached hydrogens (tertiary/aromatic N) is 1. The van der Waals surface area contributed by atoms with Crippen LogP contribution in [0.4, 0.5) is 0 Å². The van der Waals surface area contributed by atoms with Crippen molar-refractivity contribution in [2.24, 2.45) is 5.92 Å². The molecular formula is C15H30N2O3. The molecule has 1 heterocycles. The second-order valence-corrected chi connectivity index (χ2v) is 5.64. The SMILES string of the molecule is CCCC1NC(C(C)CC)C(=O)N1CC(COC)OC. The van der Waals surface area contributed by atoms with Gasteiger partial charge in [0.25, 0.3) is 0 Å². The summed E-state index contributed by atoms with van der Waals surface area (Å²) in [5, 5.41) is 3.49. The summed E-state index contributed by atoms with van der Waals surface area (Å²) >= 11 is 0. The molecule has 0 aromatic rings. The largest absolute Gasteiger partial charge is 0.382 e. The van der Waals surface area contributed by atoms with Crippen LogP contribution in [0, 0.1) is 5.92 Å². The Kier molecular flexibility index (Phi) is 7.48. The van der Waals surface area contributed by atoms with Crippen molar-refractivity contribution < 1.29 is 14.3 Å². The molecule has 4 atom stereocenters. The van der Waals surface area contributed by atoms with Gasteiger partial charge in [-0.25, -0.2) is 0 Å². The van der Waals surface area contributed by atoms with Crippen molar-refractivity contribution in [3.63, 3.8) is 0 Å². The van der Waals surface area contributed by atoms with Gasteiger partial charge in [-0.1, -0.05) is 33.6 Å². The predicted molar refractivity (Wildman–Crippen MR) is 79.5 cm³/mol. The Bertz CT molecular complexity index is 299. The topological polar surface area (TPSA) is 50.8 Å². The molecule has 5 heteroatoms. The average Bonchev–Trinajstić information content (AvgIpc) is 2.75. The summed E-state index contributed by atoms with van der Waals surface area (Å²) < 4.78 is 10.6. The van der Waals surface area contributed by atoms with Gasteiger partial charge in [0, 0.05) is 14.2 Å². The van der Waals surface area contributed by atoms with Gasteiger partial charge in [-0.15, -0.1) is 0 Å². The van der Waals surface area contributed by atoms with E-state index in [4.69, 9.17) is 9.47 Å². The van der Waals surface area contributed by atoms with Gasteiger partial charge in [0.1, 0.15) is 0 Å². The third-order valence-corrected chi connectivity index (χ3v) is 4.16. The Morgan fingerprint density at radius 2 is 2.05 bits per heavy atom. The molecule has 20 heavy (non-hydrogen) atoms. The van der Waals surface area contributed by atoms with Crippen LogP contribution in [0.3, 0.4) is 0 Å². The fourth-order valence-electron chi connectivity index (χ4n) is 2.67. The maximum Gasteiger partial charge on any atom is 0.241 e. The van der Waals surface area contributed by atoms with Crippen LogP contribution >= 0.6 is 0 Å². The highest BCUT2D eigenvalue weighted by Crippen LogP contribution is 2.22. The van der Waals surface area contributed by atoms with Crippen molar-refractivity contribution in [1.82, 2.24) is 10.2 Å². The molecule has 118 valence electrons. The predicted octanol–water partition coefficient (Wildman–Crippen LogP) is 1.62. The highest BCUT2D eigenvalue weighted by atomic mass is 16.5. The second kappa shape index (κ2) is 8.60. The molecule has 0 saturated carbocycles.